The van der Waals surface area contributed by atoms with Crippen LogP contribution in [0, 0.1) is 0 Å². The molecule has 0 atom stereocenters. The van der Waals surface area contributed by atoms with Crippen LogP contribution in [0.2, 0.25) is 0 Å². The smallest absolute Gasteiger partial charge is 0.143 e. The molecule has 1 aromatic rings. The minimum atomic E-state index is 0.386. The van der Waals surface area contributed by atoms with E-state index < -0.39 is 0 Å². The topological polar surface area (TPSA) is 26.3 Å². The molecule has 0 heterocycles. The van der Waals surface area contributed by atoms with Gasteiger partial charge in [0.2, 0.25) is 0 Å². The number of allylic oxidation sites excluding steroid dienone is 2. The summed E-state index contributed by atoms with van der Waals surface area (Å²) in [6.07, 6.45) is 7.25. The molecule has 0 bridgehead atoms. The summed E-state index contributed by atoms with van der Waals surface area (Å²) >= 11 is 0. The first-order valence-corrected chi connectivity index (χ1v) is 9.35. The fourth-order valence-electron chi connectivity index (χ4n) is 2.79. The van der Waals surface area contributed by atoms with E-state index in [9.17, 15) is 4.79 Å². The quantitative estimate of drug-likeness (QED) is 0.278. The van der Waals surface area contributed by atoms with Crippen LogP contribution >= 0.6 is 0 Å². The molecule has 2 nitrogen and oxygen atoms in total. The molecule has 1 rings (SSSR count). The Labute approximate surface area is 148 Å². The van der Waals surface area contributed by atoms with Crippen LogP contribution in [0.25, 0.3) is 5.57 Å². The van der Waals surface area contributed by atoms with Gasteiger partial charge in [-0.25, -0.2) is 0 Å². The minimum Gasteiger partial charge on any atom is -0.493 e. The van der Waals surface area contributed by atoms with Crippen LogP contribution in [0.1, 0.15) is 95.8 Å². The molecule has 0 spiro atoms. The zero-order chi connectivity index (χ0) is 18.1. The molecule has 0 saturated carbocycles. The number of ether oxygens (including phenoxy) is 1. The lowest BCUT2D eigenvalue weighted by Crippen LogP contribution is -2.06. The molecule has 0 aliphatic carbocycles. The Morgan fingerprint density at radius 1 is 1.08 bits per heavy atom. The highest BCUT2D eigenvalue weighted by Gasteiger charge is 2.17. The van der Waals surface area contributed by atoms with Gasteiger partial charge in [0.05, 0.1) is 6.61 Å². The molecule has 0 aromatic heterocycles. The number of unbranched alkanes of at least 4 members (excludes halogenated alkanes) is 3. The summed E-state index contributed by atoms with van der Waals surface area (Å²) < 4.78 is 6.22. The summed E-state index contributed by atoms with van der Waals surface area (Å²) in [7, 11) is 0. The van der Waals surface area contributed by atoms with Crippen molar-refractivity contribution in [3.05, 3.63) is 34.9 Å². The molecular formula is C22H34O2. The van der Waals surface area contributed by atoms with E-state index in [0.717, 1.165) is 36.2 Å². The maximum Gasteiger partial charge on any atom is 0.143 e. The largest absolute Gasteiger partial charge is 0.493 e. The first kappa shape index (κ1) is 20.5. The fraction of sp³-hybridized carbons (Fsp3) is 0.591. The van der Waals surface area contributed by atoms with E-state index in [-0.39, 0.29) is 0 Å². The van der Waals surface area contributed by atoms with Gasteiger partial charge in [0.1, 0.15) is 12.0 Å². The van der Waals surface area contributed by atoms with E-state index in [2.05, 4.69) is 46.8 Å². The number of carbonyl (C=O) groups excluding carboxylic acids is 1. The van der Waals surface area contributed by atoms with E-state index in [1.807, 2.05) is 6.92 Å². The standard InChI is InChI=1S/C22H34O2/c1-7-8-9-10-13-24-22-20(17(4)5)14-19(16(2)3)15-21(22)18(6)11-12-23/h11-12,14-17H,7-10,13H2,1-6H3/b18-11-. The van der Waals surface area contributed by atoms with Crippen molar-refractivity contribution in [1.82, 2.24) is 0 Å². The molecule has 0 amide bonds. The maximum atomic E-state index is 11.0. The van der Waals surface area contributed by atoms with Gasteiger partial charge in [-0.05, 0) is 54.0 Å². The van der Waals surface area contributed by atoms with Crippen LogP contribution in [0.5, 0.6) is 5.75 Å². The van der Waals surface area contributed by atoms with Gasteiger partial charge in [0.25, 0.3) is 0 Å². The molecule has 0 aliphatic rings. The van der Waals surface area contributed by atoms with E-state index in [1.165, 1.54) is 30.4 Å². The maximum absolute atomic E-state index is 11.0. The fourth-order valence-corrected chi connectivity index (χ4v) is 2.79. The number of rotatable bonds is 10. The van der Waals surface area contributed by atoms with E-state index >= 15 is 0 Å². The van der Waals surface area contributed by atoms with Crippen LogP contribution < -0.4 is 4.74 Å². The molecule has 2 heteroatoms. The van der Waals surface area contributed by atoms with Crippen LogP contribution in [0.4, 0.5) is 0 Å². The molecule has 1 aromatic carbocycles. The zero-order valence-electron chi connectivity index (χ0n) is 16.3. The number of benzene rings is 1. The molecule has 24 heavy (non-hydrogen) atoms. The third kappa shape index (κ3) is 5.81. The van der Waals surface area contributed by atoms with E-state index in [0.29, 0.717) is 11.8 Å². The Kier molecular flexibility index (Phi) is 8.81. The van der Waals surface area contributed by atoms with E-state index in [1.54, 1.807) is 6.08 Å². The van der Waals surface area contributed by atoms with Crippen LogP contribution in [0.3, 0.4) is 0 Å². The monoisotopic (exact) mass is 330 g/mol. The second-order valence-electron chi connectivity index (χ2n) is 7.19. The van der Waals surface area contributed by atoms with Crippen molar-refractivity contribution in [2.45, 2.75) is 79.1 Å². The summed E-state index contributed by atoms with van der Waals surface area (Å²) in [5.74, 6) is 1.79. The van der Waals surface area contributed by atoms with Gasteiger partial charge in [0, 0.05) is 5.56 Å². The highest BCUT2D eigenvalue weighted by molar-refractivity contribution is 5.83. The van der Waals surface area contributed by atoms with Crippen molar-refractivity contribution >= 4 is 11.9 Å². The minimum absolute atomic E-state index is 0.386. The third-order valence-corrected chi connectivity index (χ3v) is 4.42. The van der Waals surface area contributed by atoms with Crippen molar-refractivity contribution in [2.24, 2.45) is 0 Å². The zero-order valence-corrected chi connectivity index (χ0v) is 16.3. The van der Waals surface area contributed by atoms with Gasteiger partial charge in [-0.1, -0.05) is 59.9 Å². The van der Waals surface area contributed by atoms with Crippen molar-refractivity contribution in [3.63, 3.8) is 0 Å². The summed E-state index contributed by atoms with van der Waals surface area (Å²) in [5, 5.41) is 0. The van der Waals surface area contributed by atoms with Gasteiger partial charge in [0.15, 0.2) is 0 Å². The van der Waals surface area contributed by atoms with Crippen molar-refractivity contribution in [2.75, 3.05) is 6.61 Å². The van der Waals surface area contributed by atoms with Gasteiger partial charge < -0.3 is 4.74 Å². The van der Waals surface area contributed by atoms with Crippen molar-refractivity contribution in [3.8, 4) is 5.75 Å². The lowest BCUT2D eigenvalue weighted by Gasteiger charge is -2.21. The van der Waals surface area contributed by atoms with Crippen LogP contribution in [-0.2, 0) is 4.79 Å². The first-order chi connectivity index (χ1) is 11.4. The molecule has 0 fully saturated rings. The first-order valence-electron chi connectivity index (χ1n) is 9.35. The lowest BCUT2D eigenvalue weighted by molar-refractivity contribution is -0.104. The van der Waals surface area contributed by atoms with Crippen LogP contribution in [-0.4, -0.2) is 12.9 Å². The molecule has 134 valence electrons. The molecule has 0 N–H and O–H groups in total. The van der Waals surface area contributed by atoms with Crippen molar-refractivity contribution in [1.29, 1.82) is 0 Å². The average Bonchev–Trinajstić information content (AvgIpc) is 2.54. The molecule has 0 aliphatic heterocycles. The summed E-state index contributed by atoms with van der Waals surface area (Å²) in [4.78, 5) is 11.0. The van der Waals surface area contributed by atoms with Crippen molar-refractivity contribution < 1.29 is 9.53 Å². The van der Waals surface area contributed by atoms with Gasteiger partial charge in [-0.15, -0.1) is 0 Å². The summed E-state index contributed by atoms with van der Waals surface area (Å²) in [6.45, 7) is 13.7. The average molecular weight is 331 g/mol. The second-order valence-corrected chi connectivity index (χ2v) is 7.19. The highest BCUT2D eigenvalue weighted by Crippen LogP contribution is 2.37. The molecule has 0 radical (unpaired) electrons. The van der Waals surface area contributed by atoms with E-state index in [4.69, 9.17) is 4.74 Å². The molecule has 0 unspecified atom stereocenters. The Hall–Kier alpha value is -1.57. The predicted molar refractivity (Wildman–Crippen MR) is 104 cm³/mol. The number of hydrogen-bond acceptors (Lipinski definition) is 2. The summed E-state index contributed by atoms with van der Waals surface area (Å²) in [6, 6.07) is 4.46. The third-order valence-electron chi connectivity index (χ3n) is 4.42. The van der Waals surface area contributed by atoms with Gasteiger partial charge >= 0.3 is 0 Å². The molecule has 0 saturated heterocycles. The van der Waals surface area contributed by atoms with Gasteiger partial charge in [-0.3, -0.25) is 4.79 Å². The number of aldehydes is 1. The number of hydrogen-bond donors (Lipinski definition) is 0. The molecular weight excluding hydrogens is 296 g/mol. The predicted octanol–water partition coefficient (Wildman–Crippen LogP) is 6.49. The highest BCUT2D eigenvalue weighted by atomic mass is 16.5. The Balaban J connectivity index is 3.23. The second kappa shape index (κ2) is 10.3. The lowest BCUT2D eigenvalue weighted by atomic mass is 9.89. The Morgan fingerprint density at radius 3 is 2.33 bits per heavy atom. The summed E-state index contributed by atoms with van der Waals surface area (Å²) in [5.41, 5.74) is 4.57. The Morgan fingerprint density at radius 2 is 1.79 bits per heavy atom. The van der Waals surface area contributed by atoms with Gasteiger partial charge in [-0.2, -0.15) is 0 Å². The number of carbonyl (C=O) groups is 1. The van der Waals surface area contributed by atoms with Crippen LogP contribution in [0.15, 0.2) is 18.2 Å². The Bertz CT molecular complexity index is 553. The normalized spacial score (nSPS) is 12.1. The SMILES string of the molecule is CCCCCCOc1c(/C(C)=C\C=O)cc(C(C)C)cc1C(C)C.